The van der Waals surface area contributed by atoms with Gasteiger partial charge < -0.3 is 15.8 Å². The van der Waals surface area contributed by atoms with Crippen molar-refractivity contribution in [3.8, 4) is 11.1 Å². The van der Waals surface area contributed by atoms with Crippen LogP contribution in [0.15, 0.2) is 48.5 Å². The molecule has 0 saturated heterocycles. The Balaban J connectivity index is 1.31. The van der Waals surface area contributed by atoms with Crippen molar-refractivity contribution in [1.29, 1.82) is 0 Å². The molecule has 1 amide bonds. The minimum atomic E-state index is -4.34. The summed E-state index contributed by atoms with van der Waals surface area (Å²) in [6, 6.07) is 14.1. The van der Waals surface area contributed by atoms with E-state index in [1.54, 1.807) is 6.07 Å². The zero-order valence-corrected chi connectivity index (χ0v) is 16.5. The largest absolute Gasteiger partial charge is 0.446 e. The van der Waals surface area contributed by atoms with E-state index in [-0.39, 0.29) is 6.10 Å². The summed E-state index contributed by atoms with van der Waals surface area (Å²) >= 11 is 0. The van der Waals surface area contributed by atoms with Gasteiger partial charge in [0.25, 0.3) is 0 Å². The van der Waals surface area contributed by atoms with Crippen LogP contribution in [0.3, 0.4) is 0 Å². The molecule has 2 aromatic rings. The van der Waals surface area contributed by atoms with Crippen molar-refractivity contribution >= 4 is 6.09 Å². The first-order valence-electron chi connectivity index (χ1n) is 10.3. The number of nitrogens with two attached hydrogens (primary N) is 1. The summed E-state index contributed by atoms with van der Waals surface area (Å²) in [4.78, 5) is 10.8. The quantitative estimate of drug-likeness (QED) is 0.699. The average Bonchev–Trinajstić information content (AvgIpc) is 3.48. The molecule has 2 atom stereocenters. The van der Waals surface area contributed by atoms with Crippen molar-refractivity contribution in [3.05, 3.63) is 59.7 Å². The molecule has 160 valence electrons. The van der Waals surface area contributed by atoms with Crippen LogP contribution in [-0.2, 0) is 10.9 Å². The number of carbonyl (C=O) groups excluding carboxylic acids is 1. The standard InChI is InChI=1S/C23H25F3N2O2/c24-23(25,26)17-3-1-2-16(12-17)14-4-6-15(7-5-14)20-13-21(20)28-18-8-10-19(11-9-18)30-22(27)29/h1-7,12,18-21,28H,8-11,13H2,(H2,27,29)/t18-,19-,20-,21+/m1/s1. The second-order valence-electron chi connectivity index (χ2n) is 8.23. The van der Waals surface area contributed by atoms with Crippen molar-refractivity contribution in [3.63, 3.8) is 0 Å². The van der Waals surface area contributed by atoms with Gasteiger partial charge in [0, 0.05) is 18.0 Å². The van der Waals surface area contributed by atoms with Crippen molar-refractivity contribution < 1.29 is 22.7 Å². The molecule has 2 aliphatic carbocycles. The lowest BCUT2D eigenvalue weighted by Crippen LogP contribution is -2.38. The monoisotopic (exact) mass is 418 g/mol. The van der Waals surface area contributed by atoms with Crippen molar-refractivity contribution in [2.75, 3.05) is 0 Å². The van der Waals surface area contributed by atoms with Gasteiger partial charge in [0.15, 0.2) is 0 Å². The Morgan fingerprint density at radius 1 is 1.00 bits per heavy atom. The van der Waals surface area contributed by atoms with Crippen LogP contribution in [-0.4, -0.2) is 24.3 Å². The molecule has 0 aromatic heterocycles. The lowest BCUT2D eigenvalue weighted by molar-refractivity contribution is -0.137. The SMILES string of the molecule is NC(=O)O[C@H]1CC[C@H](N[C@H]2C[C@@H]2c2ccc(-c3cccc(C(F)(F)F)c3)cc2)CC1. The fourth-order valence-corrected chi connectivity index (χ4v) is 4.36. The Morgan fingerprint density at radius 3 is 2.33 bits per heavy atom. The van der Waals surface area contributed by atoms with Gasteiger partial charge in [-0.25, -0.2) is 4.79 Å². The summed E-state index contributed by atoms with van der Waals surface area (Å²) in [7, 11) is 0. The molecular weight excluding hydrogens is 393 g/mol. The van der Waals surface area contributed by atoms with E-state index in [1.807, 2.05) is 24.3 Å². The number of nitrogens with one attached hydrogen (secondary N) is 1. The number of amides is 1. The second-order valence-corrected chi connectivity index (χ2v) is 8.23. The maximum atomic E-state index is 12.9. The second kappa shape index (κ2) is 8.30. The van der Waals surface area contributed by atoms with Gasteiger partial charge in [0.05, 0.1) is 5.56 Å². The number of carbonyl (C=O) groups is 1. The van der Waals surface area contributed by atoms with Gasteiger partial charge in [-0.1, -0.05) is 36.4 Å². The highest BCUT2D eigenvalue weighted by Crippen LogP contribution is 2.42. The minimum absolute atomic E-state index is 0.0704. The first kappa shape index (κ1) is 20.7. The predicted molar refractivity (Wildman–Crippen MR) is 108 cm³/mol. The van der Waals surface area contributed by atoms with Crippen molar-refractivity contribution in [1.82, 2.24) is 5.32 Å². The van der Waals surface area contributed by atoms with Gasteiger partial charge >= 0.3 is 12.3 Å². The molecule has 3 N–H and O–H groups in total. The lowest BCUT2D eigenvalue weighted by atomic mass is 9.93. The molecule has 2 saturated carbocycles. The average molecular weight is 418 g/mol. The molecule has 0 bridgehead atoms. The minimum Gasteiger partial charge on any atom is -0.446 e. The first-order chi connectivity index (χ1) is 14.3. The molecule has 2 aromatic carbocycles. The Kier molecular flexibility index (Phi) is 5.73. The van der Waals surface area contributed by atoms with E-state index in [0.29, 0.717) is 23.6 Å². The normalized spacial score (nSPS) is 26.2. The predicted octanol–water partition coefficient (Wildman–Crippen LogP) is 5.22. The van der Waals surface area contributed by atoms with Gasteiger partial charge in [-0.2, -0.15) is 13.2 Å². The summed E-state index contributed by atoms with van der Waals surface area (Å²) in [6.45, 7) is 0. The fourth-order valence-electron chi connectivity index (χ4n) is 4.36. The molecule has 0 radical (unpaired) electrons. The van der Waals surface area contributed by atoms with Crippen LogP contribution in [0.5, 0.6) is 0 Å². The number of hydrogen-bond donors (Lipinski definition) is 2. The number of alkyl halides is 3. The van der Waals surface area contributed by atoms with Crippen LogP contribution in [0.1, 0.15) is 49.1 Å². The summed E-state index contributed by atoms with van der Waals surface area (Å²) in [6.07, 6.45) is -0.506. The molecule has 0 heterocycles. The van der Waals surface area contributed by atoms with Crippen LogP contribution < -0.4 is 11.1 Å². The zero-order valence-electron chi connectivity index (χ0n) is 16.5. The summed E-state index contributed by atoms with van der Waals surface area (Å²) in [5.41, 5.74) is 7.00. The fraction of sp³-hybridized carbons (Fsp3) is 0.435. The number of rotatable bonds is 5. The number of halogens is 3. The maximum absolute atomic E-state index is 12.9. The molecular formula is C23H25F3N2O2. The van der Waals surface area contributed by atoms with Crippen LogP contribution in [0, 0.1) is 0 Å². The molecule has 4 nitrogen and oxygen atoms in total. The molecule has 2 aliphatic rings. The molecule has 2 fully saturated rings. The van der Waals surface area contributed by atoms with Crippen LogP contribution in [0.2, 0.25) is 0 Å². The van der Waals surface area contributed by atoms with E-state index in [2.05, 4.69) is 5.32 Å². The molecule has 4 rings (SSSR count). The van der Waals surface area contributed by atoms with Gasteiger partial charge in [0.2, 0.25) is 0 Å². The van der Waals surface area contributed by atoms with Crippen LogP contribution in [0.4, 0.5) is 18.0 Å². The van der Waals surface area contributed by atoms with Crippen LogP contribution in [0.25, 0.3) is 11.1 Å². The van der Waals surface area contributed by atoms with E-state index in [4.69, 9.17) is 10.5 Å². The smallest absolute Gasteiger partial charge is 0.416 e. The Bertz CT molecular complexity index is 890. The maximum Gasteiger partial charge on any atom is 0.416 e. The number of benzene rings is 2. The van der Waals surface area contributed by atoms with E-state index >= 15 is 0 Å². The third-order valence-corrected chi connectivity index (χ3v) is 6.06. The third kappa shape index (κ3) is 4.95. The van der Waals surface area contributed by atoms with Gasteiger partial charge in [-0.05, 0) is 60.9 Å². The van der Waals surface area contributed by atoms with E-state index in [9.17, 15) is 18.0 Å². The van der Waals surface area contributed by atoms with E-state index in [0.717, 1.165) is 43.7 Å². The van der Waals surface area contributed by atoms with E-state index < -0.39 is 17.8 Å². The van der Waals surface area contributed by atoms with Gasteiger partial charge in [-0.3, -0.25) is 0 Å². The topological polar surface area (TPSA) is 64.4 Å². The number of ether oxygens (including phenoxy) is 1. The Hall–Kier alpha value is -2.54. The molecule has 30 heavy (non-hydrogen) atoms. The van der Waals surface area contributed by atoms with Gasteiger partial charge in [0.1, 0.15) is 6.10 Å². The Morgan fingerprint density at radius 2 is 1.70 bits per heavy atom. The molecule has 7 heteroatoms. The Labute approximate surface area is 173 Å². The van der Waals surface area contributed by atoms with Crippen molar-refractivity contribution in [2.45, 2.75) is 62.4 Å². The summed E-state index contributed by atoms with van der Waals surface area (Å²) < 4.78 is 43.9. The highest BCUT2D eigenvalue weighted by atomic mass is 19.4. The number of primary amides is 1. The van der Waals surface area contributed by atoms with E-state index in [1.165, 1.54) is 17.7 Å². The lowest BCUT2D eigenvalue weighted by Gasteiger charge is -2.28. The molecule has 0 spiro atoms. The molecule has 0 aliphatic heterocycles. The van der Waals surface area contributed by atoms with Crippen LogP contribution >= 0.6 is 0 Å². The van der Waals surface area contributed by atoms with Gasteiger partial charge in [-0.15, -0.1) is 0 Å². The highest BCUT2D eigenvalue weighted by molar-refractivity contribution is 5.65. The van der Waals surface area contributed by atoms with Crippen molar-refractivity contribution in [2.24, 2.45) is 5.73 Å². The number of hydrogen-bond acceptors (Lipinski definition) is 3. The third-order valence-electron chi connectivity index (χ3n) is 6.06. The first-order valence-corrected chi connectivity index (χ1v) is 10.3. The summed E-state index contributed by atoms with van der Waals surface area (Å²) in [5, 5.41) is 3.69. The molecule has 0 unspecified atom stereocenters. The summed E-state index contributed by atoms with van der Waals surface area (Å²) in [5.74, 6) is 0.431. The highest BCUT2D eigenvalue weighted by Gasteiger charge is 2.40. The zero-order chi connectivity index (χ0) is 21.3.